The van der Waals surface area contributed by atoms with Gasteiger partial charge in [0.25, 0.3) is 0 Å². The number of carbonyl (C=O) groups is 1. The van der Waals surface area contributed by atoms with Crippen LogP contribution in [0.2, 0.25) is 0 Å². The van der Waals surface area contributed by atoms with E-state index in [9.17, 15) is 9.90 Å². The molecule has 0 amide bonds. The van der Waals surface area contributed by atoms with Gasteiger partial charge in [-0.1, -0.05) is 49.4 Å². The Hall–Kier alpha value is -2.65. The Bertz CT molecular complexity index is 908. The number of fused-ring (bicyclic) bond motifs is 2. The van der Waals surface area contributed by atoms with Crippen molar-refractivity contribution in [2.45, 2.75) is 32.0 Å². The minimum absolute atomic E-state index is 0.00223. The highest BCUT2D eigenvalue weighted by molar-refractivity contribution is 6.26. The maximum absolute atomic E-state index is 12.9. The first-order valence-electron chi connectivity index (χ1n) is 8.57. The van der Waals surface area contributed by atoms with E-state index >= 15 is 0 Å². The summed E-state index contributed by atoms with van der Waals surface area (Å²) < 4.78 is 5.68. The standard InChI is InChI=1S/C22H20O3/c1-3-14-9-10-16(15-7-5-4-6-8-15)13-17(14)19-20(23)18-11-12-22(2,25-18)21(19)24/h4-13,18,24H,3H2,1-2H3. The van der Waals surface area contributed by atoms with Crippen LogP contribution >= 0.6 is 0 Å². The molecule has 2 unspecified atom stereocenters. The van der Waals surface area contributed by atoms with Gasteiger partial charge in [0.1, 0.15) is 17.5 Å². The Kier molecular flexibility index (Phi) is 3.62. The zero-order chi connectivity index (χ0) is 17.6. The van der Waals surface area contributed by atoms with E-state index in [1.54, 1.807) is 19.1 Å². The van der Waals surface area contributed by atoms with Crippen LogP contribution in [-0.2, 0) is 16.0 Å². The molecular formula is C22H20O3. The first-order valence-corrected chi connectivity index (χ1v) is 8.57. The van der Waals surface area contributed by atoms with Crippen LogP contribution in [0.15, 0.2) is 66.4 Å². The predicted octanol–water partition coefficient (Wildman–Crippen LogP) is 4.48. The maximum Gasteiger partial charge on any atom is 0.199 e. The number of ether oxygens (including phenoxy) is 1. The summed E-state index contributed by atoms with van der Waals surface area (Å²) in [6.45, 7) is 3.84. The zero-order valence-corrected chi connectivity index (χ0v) is 14.3. The fourth-order valence-electron chi connectivity index (χ4n) is 3.58. The molecule has 2 bridgehead atoms. The summed E-state index contributed by atoms with van der Waals surface area (Å²) in [4.78, 5) is 12.9. The summed E-state index contributed by atoms with van der Waals surface area (Å²) in [5.74, 6) is -0.175. The maximum atomic E-state index is 12.9. The fourth-order valence-corrected chi connectivity index (χ4v) is 3.58. The first kappa shape index (κ1) is 15.9. The molecule has 0 aromatic heterocycles. The second-order valence-electron chi connectivity index (χ2n) is 6.68. The van der Waals surface area contributed by atoms with Crippen LogP contribution < -0.4 is 0 Å². The molecule has 1 N–H and O–H groups in total. The molecular weight excluding hydrogens is 312 g/mol. The Morgan fingerprint density at radius 1 is 1.12 bits per heavy atom. The van der Waals surface area contributed by atoms with Gasteiger partial charge < -0.3 is 9.84 Å². The lowest BCUT2D eigenvalue weighted by atomic mass is 9.86. The first-order chi connectivity index (χ1) is 12.0. The van der Waals surface area contributed by atoms with E-state index in [1.807, 2.05) is 42.5 Å². The van der Waals surface area contributed by atoms with Gasteiger partial charge in [0.15, 0.2) is 5.78 Å². The Labute approximate surface area is 147 Å². The third-order valence-electron chi connectivity index (χ3n) is 5.04. The van der Waals surface area contributed by atoms with Gasteiger partial charge in [-0.25, -0.2) is 0 Å². The summed E-state index contributed by atoms with van der Waals surface area (Å²) in [7, 11) is 0. The molecule has 0 radical (unpaired) electrons. The van der Waals surface area contributed by atoms with E-state index in [1.165, 1.54) is 0 Å². The number of rotatable bonds is 3. The molecule has 126 valence electrons. The molecule has 25 heavy (non-hydrogen) atoms. The molecule has 0 fully saturated rings. The average Bonchev–Trinajstić information content (AvgIpc) is 3.02. The van der Waals surface area contributed by atoms with Gasteiger partial charge in [-0.2, -0.15) is 0 Å². The molecule has 2 aromatic carbocycles. The van der Waals surface area contributed by atoms with E-state index in [-0.39, 0.29) is 11.5 Å². The highest BCUT2D eigenvalue weighted by Gasteiger charge is 2.46. The van der Waals surface area contributed by atoms with Crippen LogP contribution in [-0.4, -0.2) is 22.6 Å². The SMILES string of the molecule is CCc1ccc(-c2ccccc2)cc1C1=C(O)C2(C)C=CC(O2)C1=O. The van der Waals surface area contributed by atoms with E-state index in [0.29, 0.717) is 5.57 Å². The van der Waals surface area contributed by atoms with Crippen molar-refractivity contribution in [3.8, 4) is 11.1 Å². The molecule has 4 rings (SSSR count). The number of hydrogen-bond acceptors (Lipinski definition) is 3. The zero-order valence-electron chi connectivity index (χ0n) is 14.3. The average molecular weight is 332 g/mol. The van der Waals surface area contributed by atoms with E-state index < -0.39 is 11.7 Å². The highest BCUT2D eigenvalue weighted by atomic mass is 16.5. The molecule has 2 aliphatic rings. The molecule has 2 aromatic rings. The van der Waals surface area contributed by atoms with Crippen LogP contribution in [0.25, 0.3) is 16.7 Å². The third kappa shape index (κ3) is 2.43. The summed E-state index contributed by atoms with van der Waals surface area (Å²) in [6, 6.07) is 16.1. The Morgan fingerprint density at radius 3 is 2.60 bits per heavy atom. The molecule has 2 heterocycles. The van der Waals surface area contributed by atoms with Crippen molar-refractivity contribution >= 4 is 11.4 Å². The number of hydrogen-bond donors (Lipinski definition) is 1. The van der Waals surface area contributed by atoms with E-state index in [2.05, 4.69) is 13.0 Å². The Morgan fingerprint density at radius 2 is 1.88 bits per heavy atom. The molecule has 0 saturated heterocycles. The second-order valence-corrected chi connectivity index (χ2v) is 6.68. The van der Waals surface area contributed by atoms with Gasteiger partial charge in [0, 0.05) is 0 Å². The van der Waals surface area contributed by atoms with Crippen molar-refractivity contribution < 1.29 is 14.6 Å². The van der Waals surface area contributed by atoms with Gasteiger partial charge >= 0.3 is 0 Å². The number of benzene rings is 2. The molecule has 0 spiro atoms. The molecule has 0 aliphatic carbocycles. The second kappa shape index (κ2) is 5.71. The number of aliphatic hydroxyl groups excluding tert-OH is 1. The van der Waals surface area contributed by atoms with Gasteiger partial charge in [-0.15, -0.1) is 0 Å². The third-order valence-corrected chi connectivity index (χ3v) is 5.04. The van der Waals surface area contributed by atoms with Gasteiger partial charge in [0.05, 0.1) is 5.57 Å². The monoisotopic (exact) mass is 332 g/mol. The molecule has 3 nitrogen and oxygen atoms in total. The Balaban J connectivity index is 1.91. The number of carbonyl (C=O) groups excluding carboxylic acids is 1. The van der Waals surface area contributed by atoms with Crippen molar-refractivity contribution in [1.82, 2.24) is 0 Å². The lowest BCUT2D eigenvalue weighted by Crippen LogP contribution is -2.38. The quantitative estimate of drug-likeness (QED) is 0.843. The minimum atomic E-state index is -0.915. The van der Waals surface area contributed by atoms with Crippen molar-refractivity contribution in [2.24, 2.45) is 0 Å². The summed E-state index contributed by atoms with van der Waals surface area (Å²) >= 11 is 0. The normalized spacial score (nSPS) is 24.9. The van der Waals surface area contributed by atoms with Crippen LogP contribution in [0.4, 0.5) is 0 Å². The topological polar surface area (TPSA) is 46.5 Å². The highest BCUT2D eigenvalue weighted by Crippen LogP contribution is 2.42. The van der Waals surface area contributed by atoms with E-state index in [0.717, 1.165) is 28.7 Å². The summed E-state index contributed by atoms with van der Waals surface area (Å²) in [6.07, 6.45) is 3.67. The predicted molar refractivity (Wildman–Crippen MR) is 98.2 cm³/mol. The van der Waals surface area contributed by atoms with Gasteiger partial charge in [0.2, 0.25) is 0 Å². The van der Waals surface area contributed by atoms with Gasteiger partial charge in [-0.3, -0.25) is 4.79 Å². The molecule has 2 aliphatic heterocycles. The van der Waals surface area contributed by atoms with Crippen LogP contribution in [0.1, 0.15) is 25.0 Å². The minimum Gasteiger partial charge on any atom is -0.508 e. The van der Waals surface area contributed by atoms with Crippen LogP contribution in [0, 0.1) is 0 Å². The van der Waals surface area contributed by atoms with Crippen molar-refractivity contribution in [3.63, 3.8) is 0 Å². The van der Waals surface area contributed by atoms with Crippen molar-refractivity contribution in [1.29, 1.82) is 0 Å². The molecule has 3 heteroatoms. The number of Topliss-reactive ketones (excluding diaryl/α,β-unsaturated/α-hetero) is 1. The van der Waals surface area contributed by atoms with Crippen molar-refractivity contribution in [2.75, 3.05) is 0 Å². The molecule has 0 saturated carbocycles. The number of ketones is 1. The lowest BCUT2D eigenvalue weighted by molar-refractivity contribution is -0.128. The molecule has 2 atom stereocenters. The largest absolute Gasteiger partial charge is 0.508 e. The number of aliphatic hydroxyl groups is 1. The smallest absolute Gasteiger partial charge is 0.199 e. The van der Waals surface area contributed by atoms with Crippen LogP contribution in [0.3, 0.4) is 0 Å². The summed E-state index contributed by atoms with van der Waals surface area (Å²) in [5, 5.41) is 10.8. The lowest BCUT2D eigenvalue weighted by Gasteiger charge is -2.31. The van der Waals surface area contributed by atoms with Crippen LogP contribution in [0.5, 0.6) is 0 Å². The fraction of sp³-hybridized carbons (Fsp3) is 0.227. The summed E-state index contributed by atoms with van der Waals surface area (Å²) in [5.41, 5.74) is 3.42. The number of aryl methyl sites for hydroxylation is 1. The van der Waals surface area contributed by atoms with E-state index in [4.69, 9.17) is 4.74 Å². The van der Waals surface area contributed by atoms with Crippen molar-refractivity contribution in [3.05, 3.63) is 77.6 Å². The van der Waals surface area contributed by atoms with Gasteiger partial charge in [-0.05, 0) is 53.8 Å².